The average molecular weight is 375 g/mol. The van der Waals surface area contributed by atoms with E-state index < -0.39 is 11.4 Å². The molecule has 0 atom stereocenters. The lowest BCUT2D eigenvalue weighted by molar-refractivity contribution is 0.0735. The maximum absolute atomic E-state index is 13.9. The molecule has 1 amide bonds. The van der Waals surface area contributed by atoms with Gasteiger partial charge in [0.15, 0.2) is 5.69 Å². The zero-order chi connectivity index (χ0) is 19.1. The van der Waals surface area contributed by atoms with Crippen molar-refractivity contribution in [3.05, 3.63) is 39.4 Å². The molecule has 0 unspecified atom stereocenters. The van der Waals surface area contributed by atoms with Gasteiger partial charge < -0.3 is 14.3 Å². The monoisotopic (exact) mass is 375 g/mol. The lowest BCUT2D eigenvalue weighted by Gasteiger charge is -2.34. The highest BCUT2D eigenvalue weighted by Gasteiger charge is 2.31. The van der Waals surface area contributed by atoms with E-state index in [9.17, 15) is 14.0 Å². The molecule has 2 aromatic rings. The van der Waals surface area contributed by atoms with Crippen LogP contribution in [-0.2, 0) is 0 Å². The van der Waals surface area contributed by atoms with Crippen LogP contribution in [0.25, 0.3) is 0 Å². The van der Waals surface area contributed by atoms with Crippen LogP contribution < -0.4 is 10.5 Å². The smallest absolute Gasteiger partial charge is 0.288 e. The highest BCUT2D eigenvalue weighted by Crippen LogP contribution is 2.40. The number of nitrogens with one attached hydrogen (secondary N) is 1. The first kappa shape index (κ1) is 17.7. The summed E-state index contributed by atoms with van der Waals surface area (Å²) in [5, 5.41) is 3.90. The summed E-state index contributed by atoms with van der Waals surface area (Å²) >= 11 is 0. The van der Waals surface area contributed by atoms with Crippen LogP contribution in [0.15, 0.2) is 15.4 Å². The highest BCUT2D eigenvalue weighted by atomic mass is 19.1. The second-order valence-corrected chi connectivity index (χ2v) is 7.41. The van der Waals surface area contributed by atoms with E-state index in [0.717, 1.165) is 18.6 Å². The summed E-state index contributed by atoms with van der Waals surface area (Å²) in [5.74, 6) is 0.351. The number of nitrogens with zero attached hydrogens (tertiary/aromatic N) is 4. The quantitative estimate of drug-likeness (QED) is 0.876. The van der Waals surface area contributed by atoms with Crippen LogP contribution in [0.3, 0.4) is 0 Å². The Balaban J connectivity index is 1.44. The second kappa shape index (κ2) is 6.79. The topological polar surface area (TPSA) is 95.3 Å². The Kier molecular flexibility index (Phi) is 4.45. The van der Waals surface area contributed by atoms with Gasteiger partial charge in [-0.25, -0.2) is 4.98 Å². The van der Waals surface area contributed by atoms with Gasteiger partial charge in [-0.1, -0.05) is 19.0 Å². The van der Waals surface area contributed by atoms with Gasteiger partial charge in [0, 0.05) is 38.2 Å². The van der Waals surface area contributed by atoms with Crippen molar-refractivity contribution in [2.75, 3.05) is 31.1 Å². The molecule has 1 saturated heterocycles. The van der Waals surface area contributed by atoms with Gasteiger partial charge in [-0.15, -0.1) is 0 Å². The number of piperazine rings is 1. The van der Waals surface area contributed by atoms with Crippen LogP contribution in [0, 0.1) is 5.82 Å². The zero-order valence-corrected chi connectivity index (χ0v) is 15.4. The third kappa shape index (κ3) is 3.45. The van der Waals surface area contributed by atoms with Crippen LogP contribution in [0.1, 0.15) is 60.5 Å². The molecule has 0 radical (unpaired) electrons. The van der Waals surface area contributed by atoms with Crippen molar-refractivity contribution < 1.29 is 13.7 Å². The van der Waals surface area contributed by atoms with E-state index in [1.165, 1.54) is 0 Å². The molecular formula is C18H22FN5O3. The zero-order valence-electron chi connectivity index (χ0n) is 15.4. The van der Waals surface area contributed by atoms with Crippen molar-refractivity contribution in [3.8, 4) is 0 Å². The summed E-state index contributed by atoms with van der Waals surface area (Å²) in [6.45, 7) is 5.49. The number of hydrogen-bond acceptors (Lipinski definition) is 6. The van der Waals surface area contributed by atoms with Crippen molar-refractivity contribution in [2.24, 2.45) is 0 Å². The third-order valence-electron chi connectivity index (χ3n) is 5.02. The van der Waals surface area contributed by atoms with Gasteiger partial charge in [0.2, 0.25) is 11.8 Å². The third-order valence-corrected chi connectivity index (χ3v) is 5.02. The molecule has 8 nitrogen and oxygen atoms in total. The van der Waals surface area contributed by atoms with E-state index >= 15 is 0 Å². The molecule has 0 bridgehead atoms. The Morgan fingerprint density at radius 1 is 1.30 bits per heavy atom. The summed E-state index contributed by atoms with van der Waals surface area (Å²) in [4.78, 5) is 34.8. The number of hydrogen-bond donors (Lipinski definition) is 1. The SMILES string of the molecule is CC(C)c1nc(N2CCN(C(=O)c3cc(C4CC4)on3)CC2)[nH]c(=O)c1F. The minimum Gasteiger partial charge on any atom is -0.360 e. The molecule has 2 aliphatic rings. The van der Waals surface area contributed by atoms with Gasteiger partial charge in [-0.05, 0) is 18.8 Å². The molecule has 1 aliphatic carbocycles. The number of halogens is 1. The van der Waals surface area contributed by atoms with Crippen LogP contribution in [0.4, 0.5) is 10.3 Å². The first-order valence-corrected chi connectivity index (χ1v) is 9.24. The fraction of sp³-hybridized carbons (Fsp3) is 0.556. The minimum atomic E-state index is -0.833. The van der Waals surface area contributed by atoms with Crippen molar-refractivity contribution in [1.82, 2.24) is 20.0 Å². The van der Waals surface area contributed by atoms with Crippen LogP contribution in [0.5, 0.6) is 0 Å². The largest absolute Gasteiger partial charge is 0.360 e. The molecule has 1 saturated carbocycles. The van der Waals surface area contributed by atoms with Gasteiger partial charge >= 0.3 is 0 Å². The minimum absolute atomic E-state index is 0.155. The summed E-state index contributed by atoms with van der Waals surface area (Å²) < 4.78 is 19.2. The van der Waals surface area contributed by atoms with E-state index in [0.29, 0.717) is 43.7 Å². The predicted molar refractivity (Wildman–Crippen MR) is 95.5 cm³/mol. The maximum atomic E-state index is 13.9. The number of carbonyl (C=O) groups is 1. The number of anilines is 1. The molecule has 2 fully saturated rings. The number of aromatic nitrogens is 3. The number of rotatable bonds is 4. The standard InChI is InChI=1S/C18H22FN5O3/c1-10(2)15-14(19)16(25)21-18(20-15)24-7-5-23(6-8-24)17(26)12-9-13(27-22-12)11-3-4-11/h9-11H,3-8H2,1-2H3,(H,20,21,25). The van der Waals surface area contributed by atoms with E-state index in [1.807, 2.05) is 4.90 Å². The molecule has 0 spiro atoms. The molecule has 1 aliphatic heterocycles. The van der Waals surface area contributed by atoms with Crippen LogP contribution in [-0.4, -0.2) is 52.1 Å². The Hall–Kier alpha value is -2.71. The number of carbonyl (C=O) groups excluding carboxylic acids is 1. The van der Waals surface area contributed by atoms with E-state index in [-0.39, 0.29) is 17.5 Å². The number of H-pyrrole nitrogens is 1. The van der Waals surface area contributed by atoms with Gasteiger partial charge in [0.25, 0.3) is 11.5 Å². The molecule has 3 heterocycles. The predicted octanol–water partition coefficient (Wildman–Crippen LogP) is 1.86. The first-order valence-electron chi connectivity index (χ1n) is 9.24. The van der Waals surface area contributed by atoms with Gasteiger partial charge in [0.05, 0.1) is 5.69 Å². The number of aromatic amines is 1. The van der Waals surface area contributed by atoms with Gasteiger partial charge in [-0.2, -0.15) is 4.39 Å². The van der Waals surface area contributed by atoms with Gasteiger partial charge in [0.1, 0.15) is 5.76 Å². The van der Waals surface area contributed by atoms with Crippen LogP contribution >= 0.6 is 0 Å². The Labute approximate surface area is 155 Å². The maximum Gasteiger partial charge on any atom is 0.288 e. The first-order chi connectivity index (χ1) is 12.9. The van der Waals surface area contributed by atoms with Crippen molar-refractivity contribution in [1.29, 1.82) is 0 Å². The molecule has 0 aromatic carbocycles. The molecule has 2 aromatic heterocycles. The molecular weight excluding hydrogens is 353 g/mol. The molecule has 144 valence electrons. The molecule has 4 rings (SSSR count). The summed E-state index contributed by atoms with van der Waals surface area (Å²) in [7, 11) is 0. The normalized spacial score (nSPS) is 17.6. The lowest BCUT2D eigenvalue weighted by Crippen LogP contribution is -2.49. The van der Waals surface area contributed by atoms with Crippen molar-refractivity contribution in [2.45, 2.75) is 38.5 Å². The van der Waals surface area contributed by atoms with Crippen LogP contribution in [0.2, 0.25) is 0 Å². The van der Waals surface area contributed by atoms with E-state index in [1.54, 1.807) is 24.8 Å². The fourth-order valence-corrected chi connectivity index (χ4v) is 3.23. The Morgan fingerprint density at radius 2 is 2.00 bits per heavy atom. The summed E-state index contributed by atoms with van der Waals surface area (Å²) in [5.41, 5.74) is -0.277. The number of amides is 1. The lowest BCUT2D eigenvalue weighted by atomic mass is 10.1. The van der Waals surface area contributed by atoms with Crippen molar-refractivity contribution in [3.63, 3.8) is 0 Å². The summed E-state index contributed by atoms with van der Waals surface area (Å²) in [6, 6.07) is 1.74. The molecule has 1 N–H and O–H groups in total. The highest BCUT2D eigenvalue weighted by molar-refractivity contribution is 5.92. The average Bonchev–Trinajstić information content (AvgIpc) is 3.40. The second-order valence-electron chi connectivity index (χ2n) is 7.41. The molecule has 27 heavy (non-hydrogen) atoms. The van der Waals surface area contributed by atoms with E-state index in [4.69, 9.17) is 4.52 Å². The fourth-order valence-electron chi connectivity index (χ4n) is 3.23. The summed E-state index contributed by atoms with van der Waals surface area (Å²) in [6.07, 6.45) is 2.17. The van der Waals surface area contributed by atoms with Crippen molar-refractivity contribution >= 4 is 11.9 Å². The Bertz CT molecular complexity index is 910. The molecule has 9 heteroatoms. The Morgan fingerprint density at radius 3 is 2.63 bits per heavy atom. The van der Waals surface area contributed by atoms with Gasteiger partial charge in [-0.3, -0.25) is 14.6 Å². The van der Waals surface area contributed by atoms with E-state index in [2.05, 4.69) is 15.1 Å².